The number of hydrogen-bond donors (Lipinski definition) is 1. The van der Waals surface area contributed by atoms with E-state index in [2.05, 4.69) is 4.90 Å². The minimum absolute atomic E-state index is 0.360. The zero-order chi connectivity index (χ0) is 13.4. The van der Waals surface area contributed by atoms with Gasteiger partial charge in [-0.1, -0.05) is 0 Å². The number of aliphatic carboxylic acids is 1. The van der Waals surface area contributed by atoms with E-state index in [9.17, 15) is 4.79 Å². The number of piperidine rings is 1. The Morgan fingerprint density at radius 3 is 2.37 bits per heavy atom. The molecular formula is C15H25NO3. The molecule has 3 unspecified atom stereocenters. The summed E-state index contributed by atoms with van der Waals surface area (Å²) in [5, 5.41) is 8.98. The van der Waals surface area contributed by atoms with Gasteiger partial charge in [-0.3, -0.25) is 9.69 Å². The predicted molar refractivity (Wildman–Crippen MR) is 72.0 cm³/mol. The number of carboxylic acid groups (broad SMARTS) is 1. The standard InChI is InChI=1S/C15H25NO3/c1-19-9-14(11-2-3-11)16-12-4-5-13(16)7-10(6-12)8-15(17)18/h10-14H,2-9H2,1H3,(H,17,18). The van der Waals surface area contributed by atoms with Crippen LogP contribution in [0.3, 0.4) is 0 Å². The van der Waals surface area contributed by atoms with Gasteiger partial charge in [0, 0.05) is 31.7 Å². The van der Waals surface area contributed by atoms with Crippen LogP contribution in [-0.4, -0.2) is 47.8 Å². The van der Waals surface area contributed by atoms with E-state index in [1.165, 1.54) is 25.7 Å². The zero-order valence-electron chi connectivity index (χ0n) is 11.8. The van der Waals surface area contributed by atoms with Gasteiger partial charge in [0.1, 0.15) is 0 Å². The summed E-state index contributed by atoms with van der Waals surface area (Å²) >= 11 is 0. The molecule has 1 N–H and O–H groups in total. The third-order valence-electron chi connectivity index (χ3n) is 5.24. The van der Waals surface area contributed by atoms with E-state index >= 15 is 0 Å². The Balaban J connectivity index is 1.66. The molecule has 1 aliphatic carbocycles. The van der Waals surface area contributed by atoms with Crippen LogP contribution in [0.2, 0.25) is 0 Å². The Morgan fingerprint density at radius 2 is 1.89 bits per heavy atom. The molecule has 3 aliphatic rings. The lowest BCUT2D eigenvalue weighted by Gasteiger charge is -2.43. The van der Waals surface area contributed by atoms with Gasteiger partial charge in [-0.15, -0.1) is 0 Å². The summed E-state index contributed by atoms with van der Waals surface area (Å²) in [6.07, 6.45) is 7.73. The maximum absolute atomic E-state index is 10.9. The number of fused-ring (bicyclic) bond motifs is 2. The normalized spacial score (nSPS) is 36.4. The number of carbonyl (C=O) groups is 1. The van der Waals surface area contributed by atoms with Crippen LogP contribution in [0, 0.1) is 11.8 Å². The summed E-state index contributed by atoms with van der Waals surface area (Å²) < 4.78 is 5.44. The Kier molecular flexibility index (Phi) is 3.81. The summed E-state index contributed by atoms with van der Waals surface area (Å²) in [7, 11) is 1.80. The molecule has 4 nitrogen and oxygen atoms in total. The summed E-state index contributed by atoms with van der Waals surface area (Å²) in [6.45, 7) is 0.848. The molecule has 3 fully saturated rings. The van der Waals surface area contributed by atoms with Gasteiger partial charge in [-0.05, 0) is 50.4 Å². The average Bonchev–Trinajstić information content (AvgIpc) is 3.13. The molecule has 2 heterocycles. The molecular weight excluding hydrogens is 242 g/mol. The fraction of sp³-hybridized carbons (Fsp3) is 0.933. The Bertz CT molecular complexity index is 328. The lowest BCUT2D eigenvalue weighted by atomic mass is 9.86. The number of methoxy groups -OCH3 is 1. The summed E-state index contributed by atoms with van der Waals surface area (Å²) in [5.41, 5.74) is 0. The largest absolute Gasteiger partial charge is 0.481 e. The van der Waals surface area contributed by atoms with Crippen molar-refractivity contribution in [1.82, 2.24) is 4.90 Å². The Morgan fingerprint density at radius 1 is 1.26 bits per heavy atom. The van der Waals surface area contributed by atoms with Crippen molar-refractivity contribution in [3.8, 4) is 0 Å². The van der Waals surface area contributed by atoms with E-state index in [1.807, 2.05) is 0 Å². The Hall–Kier alpha value is -0.610. The SMILES string of the molecule is COCC(C1CC1)N1C2CCC1CC(CC(=O)O)C2. The average molecular weight is 267 g/mol. The second-order valence-electron chi connectivity index (χ2n) is 6.63. The molecule has 2 saturated heterocycles. The van der Waals surface area contributed by atoms with Crippen LogP contribution in [0.4, 0.5) is 0 Å². The van der Waals surface area contributed by atoms with E-state index in [1.54, 1.807) is 7.11 Å². The van der Waals surface area contributed by atoms with Crippen molar-refractivity contribution < 1.29 is 14.6 Å². The lowest BCUT2D eigenvalue weighted by molar-refractivity contribution is -0.138. The molecule has 0 amide bonds. The first kappa shape index (κ1) is 13.4. The van der Waals surface area contributed by atoms with Crippen molar-refractivity contribution in [2.45, 2.75) is 63.1 Å². The molecule has 0 aromatic heterocycles. The van der Waals surface area contributed by atoms with Gasteiger partial charge in [-0.2, -0.15) is 0 Å². The fourth-order valence-electron chi connectivity index (χ4n) is 4.40. The molecule has 0 aromatic carbocycles. The third-order valence-corrected chi connectivity index (χ3v) is 5.24. The van der Waals surface area contributed by atoms with Crippen LogP contribution in [0.5, 0.6) is 0 Å². The molecule has 108 valence electrons. The molecule has 0 aromatic rings. The first-order valence-corrected chi connectivity index (χ1v) is 7.67. The molecule has 0 spiro atoms. The van der Waals surface area contributed by atoms with Crippen LogP contribution in [0.25, 0.3) is 0 Å². The number of ether oxygens (including phenoxy) is 1. The molecule has 19 heavy (non-hydrogen) atoms. The van der Waals surface area contributed by atoms with Crippen LogP contribution in [-0.2, 0) is 9.53 Å². The molecule has 2 bridgehead atoms. The van der Waals surface area contributed by atoms with Crippen molar-refractivity contribution in [2.24, 2.45) is 11.8 Å². The first-order valence-electron chi connectivity index (χ1n) is 7.67. The highest BCUT2D eigenvalue weighted by molar-refractivity contribution is 5.67. The molecule has 1 saturated carbocycles. The van der Waals surface area contributed by atoms with Crippen molar-refractivity contribution in [1.29, 1.82) is 0 Å². The van der Waals surface area contributed by atoms with Crippen LogP contribution in [0.1, 0.15) is 44.9 Å². The van der Waals surface area contributed by atoms with Crippen molar-refractivity contribution in [3.05, 3.63) is 0 Å². The van der Waals surface area contributed by atoms with Crippen LogP contribution >= 0.6 is 0 Å². The highest BCUT2D eigenvalue weighted by Gasteiger charge is 2.47. The predicted octanol–water partition coefficient (Wildman–Crippen LogP) is 2.13. The minimum Gasteiger partial charge on any atom is -0.481 e. The lowest BCUT2D eigenvalue weighted by Crippen LogP contribution is -2.51. The maximum atomic E-state index is 10.9. The number of hydrogen-bond acceptors (Lipinski definition) is 3. The summed E-state index contributed by atoms with van der Waals surface area (Å²) in [6, 6.07) is 1.82. The highest BCUT2D eigenvalue weighted by Crippen LogP contribution is 2.46. The van der Waals surface area contributed by atoms with Gasteiger partial charge in [0.2, 0.25) is 0 Å². The topological polar surface area (TPSA) is 49.8 Å². The first-order chi connectivity index (χ1) is 9.19. The number of rotatable bonds is 6. The van der Waals surface area contributed by atoms with Crippen molar-refractivity contribution in [3.63, 3.8) is 0 Å². The second-order valence-corrected chi connectivity index (χ2v) is 6.63. The van der Waals surface area contributed by atoms with Gasteiger partial charge in [0.15, 0.2) is 0 Å². The molecule has 0 radical (unpaired) electrons. The third kappa shape index (κ3) is 2.79. The molecule has 3 rings (SSSR count). The number of nitrogens with zero attached hydrogens (tertiary/aromatic N) is 1. The second kappa shape index (κ2) is 5.41. The van der Waals surface area contributed by atoms with Gasteiger partial charge in [-0.25, -0.2) is 0 Å². The molecule has 2 aliphatic heterocycles. The van der Waals surface area contributed by atoms with E-state index in [0.717, 1.165) is 25.4 Å². The van der Waals surface area contributed by atoms with E-state index in [0.29, 0.717) is 30.5 Å². The molecule has 4 heteroatoms. The smallest absolute Gasteiger partial charge is 0.303 e. The molecule has 3 atom stereocenters. The van der Waals surface area contributed by atoms with E-state index in [4.69, 9.17) is 9.84 Å². The Labute approximate surface area is 115 Å². The monoisotopic (exact) mass is 267 g/mol. The zero-order valence-corrected chi connectivity index (χ0v) is 11.8. The van der Waals surface area contributed by atoms with Crippen LogP contribution < -0.4 is 0 Å². The minimum atomic E-state index is -0.631. The van der Waals surface area contributed by atoms with E-state index in [-0.39, 0.29) is 0 Å². The van der Waals surface area contributed by atoms with E-state index < -0.39 is 5.97 Å². The van der Waals surface area contributed by atoms with Crippen molar-refractivity contribution >= 4 is 5.97 Å². The fourth-order valence-corrected chi connectivity index (χ4v) is 4.40. The quantitative estimate of drug-likeness (QED) is 0.801. The van der Waals surface area contributed by atoms with Gasteiger partial charge >= 0.3 is 5.97 Å². The van der Waals surface area contributed by atoms with Crippen LogP contribution in [0.15, 0.2) is 0 Å². The summed E-state index contributed by atoms with van der Waals surface area (Å²) in [5.74, 6) is 0.598. The van der Waals surface area contributed by atoms with Crippen molar-refractivity contribution in [2.75, 3.05) is 13.7 Å². The summed E-state index contributed by atoms with van der Waals surface area (Å²) in [4.78, 5) is 13.6. The highest BCUT2D eigenvalue weighted by atomic mass is 16.5. The van der Waals surface area contributed by atoms with Gasteiger partial charge < -0.3 is 9.84 Å². The van der Waals surface area contributed by atoms with Gasteiger partial charge in [0.05, 0.1) is 6.61 Å². The maximum Gasteiger partial charge on any atom is 0.303 e. The van der Waals surface area contributed by atoms with Gasteiger partial charge in [0.25, 0.3) is 0 Å². The number of carboxylic acids is 1.